The summed E-state index contributed by atoms with van der Waals surface area (Å²) in [5.41, 5.74) is 6.50. The molecule has 0 fully saturated rings. The van der Waals surface area contributed by atoms with Gasteiger partial charge in [0.15, 0.2) is 11.5 Å². The van der Waals surface area contributed by atoms with E-state index in [-0.39, 0.29) is 11.2 Å². The summed E-state index contributed by atoms with van der Waals surface area (Å²) >= 11 is 3.40. The van der Waals surface area contributed by atoms with E-state index < -0.39 is 0 Å². The van der Waals surface area contributed by atoms with Crippen molar-refractivity contribution in [3.05, 3.63) is 22.2 Å². The molecule has 1 aromatic carbocycles. The van der Waals surface area contributed by atoms with Gasteiger partial charge >= 0.3 is 0 Å². The molecule has 0 heterocycles. The first kappa shape index (κ1) is 13.3. The van der Waals surface area contributed by atoms with E-state index in [4.69, 9.17) is 10.5 Å². The zero-order valence-electron chi connectivity index (χ0n) is 9.88. The fourth-order valence-corrected chi connectivity index (χ4v) is 1.99. The fourth-order valence-electron chi connectivity index (χ4n) is 1.51. The van der Waals surface area contributed by atoms with E-state index in [1.54, 1.807) is 13.2 Å². The van der Waals surface area contributed by atoms with Crippen LogP contribution in [0, 0.1) is 5.41 Å². The van der Waals surface area contributed by atoms with Gasteiger partial charge in [0, 0.05) is 4.47 Å². The Hall–Kier alpha value is -0.740. The number of phenols is 1. The Balaban J connectivity index is 3.09. The molecule has 4 heteroatoms. The second-order valence-corrected chi connectivity index (χ2v) is 5.58. The van der Waals surface area contributed by atoms with Crippen LogP contribution >= 0.6 is 15.9 Å². The second kappa shape index (κ2) is 5.06. The molecule has 1 aromatic rings. The molecular weight excluding hydrogens is 270 g/mol. The third-order valence-corrected chi connectivity index (χ3v) is 3.02. The summed E-state index contributed by atoms with van der Waals surface area (Å²) in [7, 11) is 1.54. The van der Waals surface area contributed by atoms with Crippen molar-refractivity contribution in [1.29, 1.82) is 0 Å². The SMILES string of the molecule is COc1cc(Br)cc(CC(C)(C)CN)c1O. The molecule has 0 aliphatic heterocycles. The van der Waals surface area contributed by atoms with Crippen LogP contribution in [0.1, 0.15) is 19.4 Å². The molecule has 0 amide bonds. The minimum Gasteiger partial charge on any atom is -0.504 e. The predicted octanol–water partition coefficient (Wildman–Crippen LogP) is 2.69. The molecule has 3 N–H and O–H groups in total. The van der Waals surface area contributed by atoms with E-state index in [0.717, 1.165) is 10.0 Å². The number of methoxy groups -OCH3 is 1. The van der Waals surface area contributed by atoms with Crippen molar-refractivity contribution in [3.63, 3.8) is 0 Å². The largest absolute Gasteiger partial charge is 0.504 e. The molecule has 0 bridgehead atoms. The zero-order chi connectivity index (χ0) is 12.3. The molecule has 0 unspecified atom stereocenters. The lowest BCUT2D eigenvalue weighted by Crippen LogP contribution is -2.25. The first-order valence-electron chi connectivity index (χ1n) is 5.15. The number of ether oxygens (including phenoxy) is 1. The third kappa shape index (κ3) is 3.12. The summed E-state index contributed by atoms with van der Waals surface area (Å²) in [4.78, 5) is 0. The highest BCUT2D eigenvalue weighted by atomic mass is 79.9. The van der Waals surface area contributed by atoms with Gasteiger partial charge in [-0.3, -0.25) is 0 Å². The monoisotopic (exact) mass is 287 g/mol. The van der Waals surface area contributed by atoms with Crippen molar-refractivity contribution in [3.8, 4) is 11.5 Å². The zero-order valence-corrected chi connectivity index (χ0v) is 11.5. The highest BCUT2D eigenvalue weighted by Crippen LogP contribution is 2.36. The standard InChI is InChI=1S/C12H18BrNO2/c1-12(2,7-14)6-8-4-9(13)5-10(16-3)11(8)15/h4-5,15H,6-7,14H2,1-3H3. The highest BCUT2D eigenvalue weighted by molar-refractivity contribution is 9.10. The number of rotatable bonds is 4. The van der Waals surface area contributed by atoms with Gasteiger partial charge in [-0.05, 0) is 36.1 Å². The van der Waals surface area contributed by atoms with Gasteiger partial charge in [-0.2, -0.15) is 0 Å². The van der Waals surface area contributed by atoms with Gasteiger partial charge in [0.05, 0.1) is 7.11 Å². The van der Waals surface area contributed by atoms with Crippen LogP contribution < -0.4 is 10.5 Å². The van der Waals surface area contributed by atoms with Crippen molar-refractivity contribution in [2.75, 3.05) is 13.7 Å². The summed E-state index contributed by atoms with van der Waals surface area (Å²) in [6.07, 6.45) is 0.713. The lowest BCUT2D eigenvalue weighted by Gasteiger charge is -2.23. The third-order valence-electron chi connectivity index (χ3n) is 2.56. The van der Waals surface area contributed by atoms with Crippen LogP contribution in [0.25, 0.3) is 0 Å². The van der Waals surface area contributed by atoms with E-state index >= 15 is 0 Å². The summed E-state index contributed by atoms with van der Waals surface area (Å²) in [5, 5.41) is 9.99. The van der Waals surface area contributed by atoms with Crippen LogP contribution in [0.5, 0.6) is 11.5 Å². The van der Waals surface area contributed by atoms with Gasteiger partial charge in [0.25, 0.3) is 0 Å². The van der Waals surface area contributed by atoms with Crippen LogP contribution in [-0.2, 0) is 6.42 Å². The summed E-state index contributed by atoms with van der Waals surface area (Å²) in [6, 6.07) is 3.64. The molecule has 3 nitrogen and oxygen atoms in total. The maximum atomic E-state index is 9.99. The molecule has 16 heavy (non-hydrogen) atoms. The molecule has 0 spiro atoms. The first-order valence-corrected chi connectivity index (χ1v) is 5.94. The van der Waals surface area contributed by atoms with Gasteiger partial charge in [-0.15, -0.1) is 0 Å². The van der Waals surface area contributed by atoms with E-state index in [2.05, 4.69) is 29.8 Å². The van der Waals surface area contributed by atoms with Crippen molar-refractivity contribution in [2.24, 2.45) is 11.1 Å². The average molecular weight is 288 g/mol. The van der Waals surface area contributed by atoms with E-state index in [0.29, 0.717) is 18.7 Å². The first-order chi connectivity index (χ1) is 7.39. The fraction of sp³-hybridized carbons (Fsp3) is 0.500. The molecule has 90 valence electrons. The highest BCUT2D eigenvalue weighted by Gasteiger charge is 2.20. The van der Waals surface area contributed by atoms with Gasteiger partial charge in [0.2, 0.25) is 0 Å². The van der Waals surface area contributed by atoms with Crippen LogP contribution in [0.3, 0.4) is 0 Å². The Labute approximate surface area is 105 Å². The molecular formula is C12H18BrNO2. The number of hydrogen-bond donors (Lipinski definition) is 2. The Kier molecular flexibility index (Phi) is 4.21. The predicted molar refractivity (Wildman–Crippen MR) is 68.9 cm³/mol. The quantitative estimate of drug-likeness (QED) is 0.895. The van der Waals surface area contributed by atoms with Gasteiger partial charge in [0.1, 0.15) is 0 Å². The number of nitrogens with two attached hydrogens (primary N) is 1. The summed E-state index contributed by atoms with van der Waals surface area (Å²) < 4.78 is 6.00. The summed E-state index contributed by atoms with van der Waals surface area (Å²) in [5.74, 6) is 0.685. The Bertz CT molecular complexity index is 378. The number of benzene rings is 1. The molecule has 0 saturated heterocycles. The lowest BCUT2D eigenvalue weighted by molar-refractivity contribution is 0.348. The van der Waals surface area contributed by atoms with Crippen molar-refractivity contribution < 1.29 is 9.84 Å². The minimum atomic E-state index is -0.0384. The molecule has 1 rings (SSSR count). The maximum absolute atomic E-state index is 9.99. The van der Waals surface area contributed by atoms with Gasteiger partial charge in [-0.1, -0.05) is 29.8 Å². The van der Waals surface area contributed by atoms with Crippen LogP contribution in [0.15, 0.2) is 16.6 Å². The smallest absolute Gasteiger partial charge is 0.161 e. The van der Waals surface area contributed by atoms with Crippen molar-refractivity contribution >= 4 is 15.9 Å². The van der Waals surface area contributed by atoms with Gasteiger partial charge < -0.3 is 15.6 Å². The molecule has 0 aliphatic rings. The van der Waals surface area contributed by atoms with E-state index in [9.17, 15) is 5.11 Å². The maximum Gasteiger partial charge on any atom is 0.161 e. The molecule has 0 saturated carbocycles. The number of aromatic hydroxyl groups is 1. The van der Waals surface area contributed by atoms with Gasteiger partial charge in [-0.25, -0.2) is 0 Å². The van der Waals surface area contributed by atoms with E-state index in [1.165, 1.54) is 0 Å². The topological polar surface area (TPSA) is 55.5 Å². The number of phenolic OH excluding ortho intramolecular Hbond substituents is 1. The second-order valence-electron chi connectivity index (χ2n) is 4.66. The Morgan fingerprint density at radius 1 is 1.44 bits per heavy atom. The molecule has 0 radical (unpaired) electrons. The Morgan fingerprint density at radius 2 is 2.06 bits per heavy atom. The number of hydrogen-bond acceptors (Lipinski definition) is 3. The van der Waals surface area contributed by atoms with E-state index in [1.807, 2.05) is 6.07 Å². The minimum absolute atomic E-state index is 0.0384. The molecule has 0 aliphatic carbocycles. The van der Waals surface area contributed by atoms with Crippen molar-refractivity contribution in [2.45, 2.75) is 20.3 Å². The van der Waals surface area contributed by atoms with Crippen LogP contribution in [-0.4, -0.2) is 18.8 Å². The lowest BCUT2D eigenvalue weighted by atomic mass is 9.85. The summed E-state index contributed by atoms with van der Waals surface area (Å²) in [6.45, 7) is 4.71. The van der Waals surface area contributed by atoms with Crippen LogP contribution in [0.4, 0.5) is 0 Å². The van der Waals surface area contributed by atoms with Crippen molar-refractivity contribution in [1.82, 2.24) is 0 Å². The van der Waals surface area contributed by atoms with Crippen LogP contribution in [0.2, 0.25) is 0 Å². The molecule has 0 atom stereocenters. The normalized spacial score (nSPS) is 11.6. The number of halogens is 1. The average Bonchev–Trinajstić information content (AvgIpc) is 2.22. The molecule has 0 aromatic heterocycles. The Morgan fingerprint density at radius 3 is 2.56 bits per heavy atom.